The quantitative estimate of drug-likeness (QED) is 0.588. The van der Waals surface area contributed by atoms with Gasteiger partial charge in [0, 0.05) is 0 Å². The molecule has 1 aromatic carbocycles. The second-order valence-corrected chi connectivity index (χ2v) is 2.51. The van der Waals surface area contributed by atoms with Gasteiger partial charge in [-0.05, 0) is 17.0 Å². The van der Waals surface area contributed by atoms with Crippen LogP contribution >= 0.6 is 23.2 Å². The minimum atomic E-state index is 0. The number of halogens is 3. The summed E-state index contributed by atoms with van der Waals surface area (Å²) in [6.45, 7) is 5.01. The van der Waals surface area contributed by atoms with Crippen molar-refractivity contribution in [2.75, 3.05) is 0 Å². The topological polar surface area (TPSA) is 4.36 Å². The summed E-state index contributed by atoms with van der Waals surface area (Å²) in [6, 6.07) is 5.09. The van der Waals surface area contributed by atoms with Gasteiger partial charge in [0.15, 0.2) is 0 Å². The van der Waals surface area contributed by atoms with E-state index >= 15 is 0 Å². The van der Waals surface area contributed by atoms with Crippen LogP contribution in [-0.2, 0) is 0 Å². The lowest BCUT2D eigenvalue weighted by Gasteiger charge is -1.86. The zero-order valence-corrected chi connectivity index (χ0v) is 7.66. The Kier molecular flexibility index (Phi) is 4.29. The Hall–Kier alpha value is -0.420. The monoisotopic (exact) mass is 207 g/mol. The van der Waals surface area contributed by atoms with Crippen LogP contribution in [0.15, 0.2) is 18.2 Å². The molecule has 0 aliphatic rings. The Balaban J connectivity index is 0.000001000. The maximum absolute atomic E-state index is 5.67. The molecule has 0 bridgehead atoms. The van der Waals surface area contributed by atoms with E-state index in [4.69, 9.17) is 29.8 Å². The van der Waals surface area contributed by atoms with Gasteiger partial charge in [0.2, 0.25) is 0 Å². The highest BCUT2D eigenvalue weighted by molar-refractivity contribution is 6.39. The van der Waals surface area contributed by atoms with Crippen LogP contribution in [-0.4, -0.2) is 0 Å². The van der Waals surface area contributed by atoms with Crippen molar-refractivity contribution >= 4 is 28.9 Å². The Morgan fingerprint density at radius 1 is 1.18 bits per heavy atom. The predicted molar refractivity (Wildman–Crippen MR) is 44.4 cm³/mol. The van der Waals surface area contributed by atoms with Gasteiger partial charge in [-0.1, -0.05) is 29.3 Å². The maximum Gasteiger partial charge on any atom is 0.376 e. The van der Waals surface area contributed by atoms with E-state index < -0.39 is 0 Å². The predicted octanol–water partition coefficient (Wildman–Crippen LogP) is 0.592. The molecular weight excluding hydrogens is 204 g/mol. The molecule has 0 aromatic heterocycles. The molecule has 0 unspecified atom stereocenters. The zero-order valence-electron chi connectivity index (χ0n) is 5.39. The van der Waals surface area contributed by atoms with Crippen molar-refractivity contribution in [1.82, 2.24) is 0 Å². The standard InChI is InChI=1S/C7H4Cl2N.ClH/c1-10-7-5(8)3-2-4-6(7)9;/h1-4H;1H/q+1;/p-1. The van der Waals surface area contributed by atoms with E-state index in [1.54, 1.807) is 18.2 Å². The van der Waals surface area contributed by atoms with Gasteiger partial charge in [-0.3, -0.25) is 0 Å². The molecule has 11 heavy (non-hydrogen) atoms. The van der Waals surface area contributed by atoms with Gasteiger partial charge < -0.3 is 12.4 Å². The van der Waals surface area contributed by atoms with Crippen molar-refractivity contribution in [3.05, 3.63) is 33.1 Å². The van der Waals surface area contributed by atoms with Gasteiger partial charge >= 0.3 is 5.69 Å². The van der Waals surface area contributed by atoms with Crippen molar-refractivity contribution in [3.8, 4) is 6.57 Å². The summed E-state index contributed by atoms with van der Waals surface area (Å²) >= 11 is 11.3. The highest BCUT2D eigenvalue weighted by atomic mass is 35.5. The van der Waals surface area contributed by atoms with Crippen LogP contribution in [0.1, 0.15) is 0 Å². The average molecular weight is 208 g/mol. The largest absolute Gasteiger partial charge is 1.00 e. The third kappa shape index (κ3) is 2.27. The molecule has 0 fully saturated rings. The number of hydrogen-bond acceptors (Lipinski definition) is 0. The minimum Gasteiger partial charge on any atom is -1.00 e. The van der Waals surface area contributed by atoms with Crippen molar-refractivity contribution in [2.24, 2.45) is 0 Å². The van der Waals surface area contributed by atoms with Crippen LogP contribution in [0.5, 0.6) is 0 Å². The Morgan fingerprint density at radius 3 is 1.91 bits per heavy atom. The second kappa shape index (κ2) is 4.46. The molecule has 0 aliphatic heterocycles. The Morgan fingerprint density at radius 2 is 1.64 bits per heavy atom. The fraction of sp³-hybridized carbons (Fsp3) is 0. The molecule has 0 saturated carbocycles. The van der Waals surface area contributed by atoms with E-state index in [1.165, 1.54) is 0 Å². The summed E-state index contributed by atoms with van der Waals surface area (Å²) in [4.78, 5) is 3.41. The van der Waals surface area contributed by atoms with E-state index in [0.717, 1.165) is 0 Å². The van der Waals surface area contributed by atoms with Gasteiger partial charge in [0.1, 0.15) is 10.0 Å². The summed E-state index contributed by atoms with van der Waals surface area (Å²) in [6.07, 6.45) is 0. The lowest BCUT2D eigenvalue weighted by molar-refractivity contribution is -0.00000180. The highest BCUT2D eigenvalue weighted by Gasteiger charge is 2.12. The van der Waals surface area contributed by atoms with E-state index in [1.807, 2.05) is 0 Å². The van der Waals surface area contributed by atoms with Crippen LogP contribution < -0.4 is 12.4 Å². The van der Waals surface area contributed by atoms with E-state index in [0.29, 0.717) is 15.7 Å². The number of nitrogens with zero attached hydrogens (tertiary/aromatic N) is 1. The molecule has 0 saturated heterocycles. The molecule has 0 radical (unpaired) electrons. The Bertz CT molecular complexity index is 270. The van der Waals surface area contributed by atoms with E-state index in [-0.39, 0.29) is 12.4 Å². The van der Waals surface area contributed by atoms with Gasteiger partial charge in [-0.25, -0.2) is 0 Å². The molecule has 0 amide bonds. The number of rotatable bonds is 0. The number of hydrogen-bond donors (Lipinski definition) is 0. The van der Waals surface area contributed by atoms with Gasteiger partial charge in [0.05, 0.1) is 0 Å². The summed E-state index contributed by atoms with van der Waals surface area (Å²) in [5, 5.41) is 0.935. The summed E-state index contributed by atoms with van der Waals surface area (Å²) in [5.41, 5.74) is 0.436. The van der Waals surface area contributed by atoms with Crippen molar-refractivity contribution in [1.29, 1.82) is 0 Å². The number of para-hydroxylation sites is 1. The van der Waals surface area contributed by atoms with Crippen molar-refractivity contribution in [2.45, 2.75) is 0 Å². The number of benzene rings is 1. The fourth-order valence-electron chi connectivity index (χ4n) is 0.612. The molecule has 1 aromatic rings. The lowest BCUT2D eigenvalue weighted by Crippen LogP contribution is -3.00. The molecule has 1 rings (SSSR count). The maximum atomic E-state index is 5.67. The molecule has 0 aliphatic carbocycles. The Labute approximate surface area is 81.2 Å². The van der Waals surface area contributed by atoms with Crippen LogP contribution in [0, 0.1) is 6.57 Å². The van der Waals surface area contributed by atoms with Crippen LogP contribution in [0.3, 0.4) is 0 Å². The molecule has 4 heteroatoms. The average Bonchev–Trinajstić information content (AvgIpc) is 1.88. The second-order valence-electron chi connectivity index (χ2n) is 1.70. The van der Waals surface area contributed by atoms with Crippen LogP contribution in [0.2, 0.25) is 10.0 Å². The summed E-state index contributed by atoms with van der Waals surface area (Å²) < 4.78 is 0. The first kappa shape index (κ1) is 10.6. The first-order chi connectivity index (χ1) is 4.75. The fourth-order valence-corrected chi connectivity index (χ4v) is 1.11. The molecule has 1 nitrogen and oxygen atoms in total. The smallest absolute Gasteiger partial charge is 0.376 e. The van der Waals surface area contributed by atoms with Crippen LogP contribution in [0.4, 0.5) is 5.69 Å². The summed E-state index contributed by atoms with van der Waals surface area (Å²) in [7, 11) is 0. The third-order valence-electron chi connectivity index (χ3n) is 1.07. The first-order valence-electron chi connectivity index (χ1n) is 2.60. The highest BCUT2D eigenvalue weighted by Crippen LogP contribution is 2.32. The van der Waals surface area contributed by atoms with Crippen molar-refractivity contribution < 1.29 is 12.4 Å². The zero-order chi connectivity index (χ0) is 7.56. The SMILES string of the molecule is C#[N+]c1c(Cl)cccc1Cl.[Cl-]. The lowest BCUT2D eigenvalue weighted by atomic mass is 10.3. The van der Waals surface area contributed by atoms with Gasteiger partial charge in [0.25, 0.3) is 6.57 Å². The minimum absolute atomic E-state index is 0. The molecule has 0 heterocycles. The molecule has 0 spiro atoms. The van der Waals surface area contributed by atoms with E-state index in [2.05, 4.69) is 4.85 Å². The van der Waals surface area contributed by atoms with Gasteiger partial charge in [-0.15, -0.1) is 0 Å². The van der Waals surface area contributed by atoms with Gasteiger partial charge in [-0.2, -0.15) is 0 Å². The molecular formula is C7H4Cl3N. The van der Waals surface area contributed by atoms with E-state index in [9.17, 15) is 0 Å². The third-order valence-corrected chi connectivity index (χ3v) is 1.68. The molecule has 0 N–H and O–H groups in total. The summed E-state index contributed by atoms with van der Waals surface area (Å²) in [5.74, 6) is 0. The molecule has 58 valence electrons. The first-order valence-corrected chi connectivity index (χ1v) is 3.36. The van der Waals surface area contributed by atoms with Crippen molar-refractivity contribution in [3.63, 3.8) is 0 Å². The molecule has 0 atom stereocenters. The van der Waals surface area contributed by atoms with Crippen LogP contribution in [0.25, 0.3) is 4.85 Å². The normalized spacial score (nSPS) is 8.09.